The number of Topliss-reactive ketones (excluding diaryl/α,β-unsaturated/α-hetero) is 1. The monoisotopic (exact) mass is 354 g/mol. The van der Waals surface area contributed by atoms with Crippen LogP contribution in [0.15, 0.2) is 24.8 Å². The summed E-state index contributed by atoms with van der Waals surface area (Å²) in [6, 6.07) is 3.06. The van der Waals surface area contributed by atoms with E-state index in [1.165, 1.54) is 24.8 Å². The van der Waals surface area contributed by atoms with Gasteiger partial charge in [0.25, 0.3) is 0 Å². The van der Waals surface area contributed by atoms with Crippen molar-refractivity contribution < 1.29 is 29.6 Å². The third kappa shape index (κ3) is 6.25. The molecule has 1 aromatic carbocycles. The van der Waals surface area contributed by atoms with Gasteiger partial charge in [0.1, 0.15) is 18.1 Å². The van der Waals surface area contributed by atoms with Gasteiger partial charge < -0.3 is 20.1 Å². The van der Waals surface area contributed by atoms with E-state index in [2.05, 4.69) is 6.58 Å². The Kier molecular flexibility index (Phi) is 8.35. The van der Waals surface area contributed by atoms with E-state index in [0.717, 1.165) is 0 Å². The highest BCUT2D eigenvalue weighted by atomic mass is 32.2. The first kappa shape index (κ1) is 20.1. The lowest BCUT2D eigenvalue weighted by Crippen LogP contribution is -2.21. The van der Waals surface area contributed by atoms with Crippen molar-refractivity contribution in [3.8, 4) is 11.5 Å². The number of thioether (sulfide) groups is 1. The first-order valence-electron chi connectivity index (χ1n) is 7.43. The van der Waals surface area contributed by atoms with Crippen LogP contribution in [0.2, 0.25) is 0 Å². The van der Waals surface area contributed by atoms with Crippen LogP contribution in [0.5, 0.6) is 11.5 Å². The Morgan fingerprint density at radius 3 is 2.71 bits per heavy atom. The summed E-state index contributed by atoms with van der Waals surface area (Å²) in [7, 11) is 0. The van der Waals surface area contributed by atoms with Crippen LogP contribution < -0.4 is 4.74 Å². The van der Waals surface area contributed by atoms with Gasteiger partial charge in [-0.2, -0.15) is 11.8 Å². The predicted octanol–water partition coefficient (Wildman–Crippen LogP) is 2.27. The molecule has 1 rings (SSSR count). The van der Waals surface area contributed by atoms with Crippen molar-refractivity contribution in [2.24, 2.45) is 0 Å². The molecule has 0 bridgehead atoms. The summed E-state index contributed by atoms with van der Waals surface area (Å²) in [4.78, 5) is 21.9. The van der Waals surface area contributed by atoms with Gasteiger partial charge in [0.05, 0.1) is 18.1 Å². The maximum Gasteiger partial charge on any atom is 0.304 e. The van der Waals surface area contributed by atoms with Crippen LogP contribution >= 0.6 is 11.8 Å². The first-order chi connectivity index (χ1) is 11.4. The molecule has 1 atom stereocenters. The standard InChI is InChI=1S/C17H22O6S/c1-3-4-14-15(6-5-13(11(2)18)17(14)22)23-9-12(19)10-24-8-7-16(20)21/h3,5-6,12,19,22H,1,4,7-10H2,2H3,(H,20,21). The Bertz CT molecular complexity index is 599. The highest BCUT2D eigenvalue weighted by Crippen LogP contribution is 2.32. The maximum atomic E-state index is 11.5. The number of aromatic hydroxyl groups is 1. The van der Waals surface area contributed by atoms with Crippen molar-refractivity contribution in [2.45, 2.75) is 25.9 Å². The molecule has 0 aliphatic heterocycles. The molecular weight excluding hydrogens is 332 g/mol. The zero-order chi connectivity index (χ0) is 18.1. The third-order valence-corrected chi connectivity index (χ3v) is 4.28. The lowest BCUT2D eigenvalue weighted by Gasteiger charge is -2.16. The van der Waals surface area contributed by atoms with E-state index in [9.17, 15) is 19.8 Å². The first-order valence-corrected chi connectivity index (χ1v) is 8.59. The molecule has 132 valence electrons. The smallest absolute Gasteiger partial charge is 0.304 e. The fourth-order valence-electron chi connectivity index (χ4n) is 1.99. The summed E-state index contributed by atoms with van der Waals surface area (Å²) in [5.41, 5.74) is 0.660. The number of carbonyl (C=O) groups is 2. The number of aliphatic carboxylic acids is 1. The molecule has 0 saturated carbocycles. The van der Waals surface area contributed by atoms with Gasteiger partial charge in [-0.3, -0.25) is 9.59 Å². The Morgan fingerprint density at radius 1 is 1.42 bits per heavy atom. The SMILES string of the molecule is C=CCc1c(OCC(O)CSCCC(=O)O)ccc(C(C)=O)c1O. The number of rotatable bonds is 11. The number of aliphatic hydroxyl groups is 1. The van der Waals surface area contributed by atoms with Crippen molar-refractivity contribution in [1.29, 1.82) is 0 Å². The van der Waals surface area contributed by atoms with Gasteiger partial charge in [0.15, 0.2) is 5.78 Å². The highest BCUT2D eigenvalue weighted by Gasteiger charge is 2.16. The number of hydrogen-bond donors (Lipinski definition) is 3. The summed E-state index contributed by atoms with van der Waals surface area (Å²) >= 11 is 1.33. The number of phenolic OH excluding ortho intramolecular Hbond substituents is 1. The lowest BCUT2D eigenvalue weighted by atomic mass is 10.0. The topological polar surface area (TPSA) is 104 Å². The minimum absolute atomic E-state index is 0.00305. The molecule has 24 heavy (non-hydrogen) atoms. The van der Waals surface area contributed by atoms with Crippen LogP contribution in [0.25, 0.3) is 0 Å². The molecule has 0 heterocycles. The third-order valence-electron chi connectivity index (χ3n) is 3.17. The van der Waals surface area contributed by atoms with E-state index in [-0.39, 0.29) is 30.1 Å². The van der Waals surface area contributed by atoms with Crippen molar-refractivity contribution >= 4 is 23.5 Å². The molecule has 0 aromatic heterocycles. The van der Waals surface area contributed by atoms with E-state index in [1.54, 1.807) is 12.1 Å². The molecule has 6 nitrogen and oxygen atoms in total. The van der Waals surface area contributed by atoms with Crippen molar-refractivity contribution in [3.05, 3.63) is 35.9 Å². The van der Waals surface area contributed by atoms with Gasteiger partial charge in [-0.25, -0.2) is 0 Å². The minimum Gasteiger partial charge on any atom is -0.507 e. The summed E-state index contributed by atoms with van der Waals surface area (Å²) in [5, 5.41) is 28.6. The molecule has 0 saturated heterocycles. The van der Waals surface area contributed by atoms with Gasteiger partial charge in [-0.15, -0.1) is 6.58 Å². The Labute approximate surface area is 145 Å². The number of ether oxygens (including phenoxy) is 1. The Hall–Kier alpha value is -1.99. The van der Waals surface area contributed by atoms with Gasteiger partial charge in [0.2, 0.25) is 0 Å². The summed E-state index contributed by atoms with van der Waals surface area (Å²) in [6.07, 6.45) is 1.19. The second-order valence-corrected chi connectivity index (χ2v) is 6.32. The number of phenols is 1. The molecule has 0 radical (unpaired) electrons. The lowest BCUT2D eigenvalue weighted by molar-refractivity contribution is -0.136. The van der Waals surface area contributed by atoms with Crippen LogP contribution in [-0.2, 0) is 11.2 Å². The van der Waals surface area contributed by atoms with Crippen LogP contribution in [0.3, 0.4) is 0 Å². The quantitative estimate of drug-likeness (QED) is 0.318. The highest BCUT2D eigenvalue weighted by molar-refractivity contribution is 7.99. The van der Waals surface area contributed by atoms with E-state index in [0.29, 0.717) is 29.2 Å². The molecule has 0 spiro atoms. The van der Waals surface area contributed by atoms with E-state index < -0.39 is 12.1 Å². The average molecular weight is 354 g/mol. The van der Waals surface area contributed by atoms with Crippen LogP contribution in [0.4, 0.5) is 0 Å². The number of benzene rings is 1. The number of carboxylic acid groups (broad SMARTS) is 1. The van der Waals surface area contributed by atoms with Gasteiger partial charge in [0, 0.05) is 17.1 Å². The fraction of sp³-hybridized carbons (Fsp3) is 0.412. The number of aliphatic hydroxyl groups excluding tert-OH is 1. The number of ketones is 1. The number of allylic oxidation sites excluding steroid dienone is 1. The molecule has 0 amide bonds. The van der Waals surface area contributed by atoms with E-state index in [4.69, 9.17) is 9.84 Å². The number of hydrogen-bond acceptors (Lipinski definition) is 6. The molecule has 0 fully saturated rings. The second-order valence-electron chi connectivity index (χ2n) is 5.17. The molecule has 1 aromatic rings. The normalized spacial score (nSPS) is 11.8. The van der Waals surface area contributed by atoms with Gasteiger partial charge in [-0.1, -0.05) is 6.08 Å². The van der Waals surface area contributed by atoms with E-state index >= 15 is 0 Å². The molecule has 7 heteroatoms. The Morgan fingerprint density at radius 2 is 2.12 bits per heavy atom. The molecule has 3 N–H and O–H groups in total. The fourth-order valence-corrected chi connectivity index (χ4v) is 2.85. The molecule has 1 unspecified atom stereocenters. The molecule has 0 aliphatic carbocycles. The largest absolute Gasteiger partial charge is 0.507 e. The summed E-state index contributed by atoms with van der Waals surface area (Å²) < 4.78 is 5.55. The summed E-state index contributed by atoms with van der Waals surface area (Å²) in [6.45, 7) is 4.99. The van der Waals surface area contributed by atoms with E-state index in [1.807, 2.05) is 0 Å². The molecular formula is C17H22O6S. The van der Waals surface area contributed by atoms with Crippen molar-refractivity contribution in [3.63, 3.8) is 0 Å². The predicted molar refractivity (Wildman–Crippen MR) is 93.1 cm³/mol. The number of carbonyl (C=O) groups excluding carboxylic acids is 1. The zero-order valence-electron chi connectivity index (χ0n) is 13.5. The maximum absolute atomic E-state index is 11.5. The van der Waals surface area contributed by atoms with Crippen molar-refractivity contribution in [1.82, 2.24) is 0 Å². The van der Waals surface area contributed by atoms with Crippen LogP contribution in [-0.4, -0.2) is 51.3 Å². The van der Waals surface area contributed by atoms with Crippen LogP contribution in [0, 0.1) is 0 Å². The summed E-state index contributed by atoms with van der Waals surface area (Å²) in [5.74, 6) is -0.108. The van der Waals surface area contributed by atoms with Gasteiger partial charge in [-0.05, 0) is 25.5 Å². The van der Waals surface area contributed by atoms with Gasteiger partial charge >= 0.3 is 5.97 Å². The Balaban J connectivity index is 2.66. The molecule has 0 aliphatic rings. The van der Waals surface area contributed by atoms with Crippen molar-refractivity contribution in [2.75, 3.05) is 18.1 Å². The second kappa shape index (κ2) is 10.00. The minimum atomic E-state index is -0.872. The average Bonchev–Trinajstić information content (AvgIpc) is 2.51. The zero-order valence-corrected chi connectivity index (χ0v) is 14.3. The number of carboxylic acids is 1. The van der Waals surface area contributed by atoms with Crippen LogP contribution in [0.1, 0.15) is 29.3 Å².